The summed E-state index contributed by atoms with van der Waals surface area (Å²) in [6.45, 7) is 11.0. The molecule has 1 spiro atoms. The van der Waals surface area contributed by atoms with Crippen LogP contribution in [-0.2, 0) is 46.5 Å². The maximum absolute atomic E-state index is 15.0. The first kappa shape index (κ1) is 50.9. The number of amides is 4. The number of hydrogen-bond donors (Lipinski definition) is 3. The number of sulfonamides is 1. The van der Waals surface area contributed by atoms with Crippen LogP contribution in [-0.4, -0.2) is 131 Å². The molecule has 372 valence electrons. The van der Waals surface area contributed by atoms with Crippen LogP contribution in [0.2, 0.25) is 0 Å². The number of ether oxygens (including phenoxy) is 4. The Hall–Kier alpha value is -3.96. The zero-order valence-electron chi connectivity index (χ0n) is 38.6. The van der Waals surface area contributed by atoms with Crippen LogP contribution in [0, 0.1) is 5.41 Å². The number of carbonyl (C=O) groups excluding carboxylic acids is 4. The number of hydrogen-bond acceptors (Lipinski definition) is 12. The zero-order chi connectivity index (χ0) is 48.2. The van der Waals surface area contributed by atoms with Gasteiger partial charge in [0.15, 0.2) is 0 Å². The van der Waals surface area contributed by atoms with Crippen LogP contribution in [0.4, 0.5) is 18.0 Å². The van der Waals surface area contributed by atoms with Gasteiger partial charge in [-0.1, -0.05) is 20.8 Å². The van der Waals surface area contributed by atoms with E-state index < -0.39 is 97.8 Å². The van der Waals surface area contributed by atoms with Crippen molar-refractivity contribution >= 4 is 44.7 Å². The number of alkyl halides is 5. The van der Waals surface area contributed by atoms with Crippen molar-refractivity contribution in [3.8, 4) is 11.5 Å². The first-order chi connectivity index (χ1) is 31.7. The molecule has 3 N–H and O–H groups in total. The molecule has 0 aliphatic carbocycles. The molecule has 6 heterocycles. The summed E-state index contributed by atoms with van der Waals surface area (Å²) in [5.41, 5.74) is -2.81. The van der Waals surface area contributed by atoms with E-state index in [0.29, 0.717) is 76.0 Å². The van der Waals surface area contributed by atoms with Crippen molar-refractivity contribution in [3.05, 3.63) is 41.6 Å². The van der Waals surface area contributed by atoms with Gasteiger partial charge in [0.05, 0.1) is 13.2 Å². The summed E-state index contributed by atoms with van der Waals surface area (Å²) in [5, 5.41) is 5.98. The first-order valence-corrected chi connectivity index (χ1v) is 27.3. The molecule has 0 unspecified atom stereocenters. The molecule has 5 atom stereocenters. The summed E-state index contributed by atoms with van der Waals surface area (Å²) in [7, 11) is -4.06. The Kier molecular flexibility index (Phi) is 15.9. The van der Waals surface area contributed by atoms with Crippen LogP contribution in [0.25, 0.3) is 10.9 Å². The van der Waals surface area contributed by atoms with Crippen molar-refractivity contribution in [2.45, 2.75) is 130 Å². The Balaban J connectivity index is 1.22. The van der Waals surface area contributed by atoms with Crippen molar-refractivity contribution in [2.24, 2.45) is 5.41 Å². The van der Waals surface area contributed by atoms with E-state index in [1.54, 1.807) is 12.1 Å². The Morgan fingerprint density at radius 3 is 2.60 bits per heavy atom. The summed E-state index contributed by atoms with van der Waals surface area (Å²) >= 11 is -1.18. The van der Waals surface area contributed by atoms with Crippen LogP contribution in [0.1, 0.15) is 103 Å². The van der Waals surface area contributed by atoms with Crippen LogP contribution in [0.15, 0.2) is 30.4 Å². The van der Waals surface area contributed by atoms with Gasteiger partial charge in [0.2, 0.25) is 0 Å². The van der Waals surface area contributed by atoms with Crippen molar-refractivity contribution in [1.82, 2.24) is 30.1 Å². The fraction of sp³-hybridized carbons (Fsp3) is 0.674. The van der Waals surface area contributed by atoms with Gasteiger partial charge in [-0.2, -0.15) is 0 Å². The first-order valence-electron chi connectivity index (χ1n) is 23.3. The number of nitrogens with zero attached hydrogens (tertiary/aromatic N) is 3. The third-order valence-corrected chi connectivity index (χ3v) is 17.7. The number of allylic oxidation sites excluding steroid dienone is 1. The molecule has 16 nitrogen and oxygen atoms in total. The fourth-order valence-corrected chi connectivity index (χ4v) is 13.2. The molecule has 1 aromatic carbocycles. The maximum atomic E-state index is 15.0. The monoisotopic (exact) mass is 1080 g/mol. The average Bonchev–Trinajstić information content (AvgIpc) is 3.85. The Bertz CT molecular complexity index is 2310. The van der Waals surface area contributed by atoms with Crippen LogP contribution in [0.3, 0.4) is 0 Å². The molecule has 0 saturated carbocycles. The molecule has 5 aliphatic heterocycles. The third-order valence-electron chi connectivity index (χ3n) is 12.6. The fourth-order valence-electron chi connectivity index (χ4n) is 8.99. The molecule has 2 aromatic rings. The summed E-state index contributed by atoms with van der Waals surface area (Å²) in [6.07, 6.45) is 2.28. The molecule has 21 heteroatoms. The standard InChI is InChI=1S/C46H63F3IN6O10S/c1-5-6-12-25-67(61,62)54-41(59)45-36(50-45)14-11-9-7-8-10-13-34(52-42(60)65-29-43(2,3)4)40(58)56-28-44(27-35(56)39(57)53-45)18-17-31-32-26-30(64-24-21-55-19-22-63-23-20-55)15-16-33(32)51-38(37(31)66-44)46(47,48)49/h11,14-16,26,34-36H,5-10,12-13,17-25,27-29H2,1-4H3,(H,52,60)(H,53,57)(H,54,59)/q-1/b14-11-/t34-,35-,36-,44+,45+/m0/s1. The quantitative estimate of drug-likeness (QED) is 0.0925. The number of aromatic nitrogens is 1. The van der Waals surface area contributed by atoms with Gasteiger partial charge in [-0.15, -0.1) is 0 Å². The van der Waals surface area contributed by atoms with Crippen molar-refractivity contribution in [2.75, 3.05) is 58.4 Å². The SMILES string of the molecule is CCCCCS(=O)(=O)NC(=O)[C@]12NC(=O)[C@@H]3C[C@]4(CCc5c(c(C(F)(F)F)nc6ccc(OCCN7CCOCC7)cc56)O4)CN3C(=O)[C@@H](NC(=O)OCC(C)(C)C)CCCCC/C=C\[C@@H]1[I-]2. The molecular weight excluding hydrogens is 1010 g/mol. The van der Waals surface area contributed by atoms with Gasteiger partial charge in [-0.25, -0.2) is 0 Å². The molecule has 4 amide bonds. The number of alkyl carbamates (subject to hydrolysis) is 1. The predicted molar refractivity (Wildman–Crippen MR) is 237 cm³/mol. The van der Waals surface area contributed by atoms with Crippen LogP contribution < -0.4 is 46.0 Å². The van der Waals surface area contributed by atoms with E-state index in [1.807, 2.05) is 39.8 Å². The Morgan fingerprint density at radius 2 is 1.87 bits per heavy atom. The van der Waals surface area contributed by atoms with Crippen LogP contribution in [0.5, 0.6) is 11.5 Å². The minimum absolute atomic E-state index is 0.0478. The van der Waals surface area contributed by atoms with E-state index in [-0.39, 0.29) is 61.1 Å². The average molecular weight is 1080 g/mol. The topological polar surface area (TPSA) is 195 Å². The summed E-state index contributed by atoms with van der Waals surface area (Å²) in [4.78, 5) is 64.5. The van der Waals surface area contributed by atoms with E-state index in [0.717, 1.165) is 19.5 Å². The molecule has 3 fully saturated rings. The predicted octanol–water partition coefficient (Wildman–Crippen LogP) is 2.21. The summed E-state index contributed by atoms with van der Waals surface area (Å²) < 4.78 is 94.9. The summed E-state index contributed by atoms with van der Waals surface area (Å²) in [6, 6.07) is 2.16. The number of benzene rings is 1. The number of rotatable bonds is 12. The Morgan fingerprint density at radius 1 is 1.09 bits per heavy atom. The number of aryl methyl sites for hydroxylation is 1. The number of unbranched alkanes of at least 4 members (excludes halogenated alkanes) is 2. The van der Waals surface area contributed by atoms with E-state index in [4.69, 9.17) is 18.9 Å². The minimum atomic E-state index is -4.95. The van der Waals surface area contributed by atoms with Gasteiger partial charge in [0.1, 0.15) is 6.61 Å². The third kappa shape index (κ3) is 12.6. The second-order valence-electron chi connectivity index (χ2n) is 19.3. The number of pyridine rings is 1. The number of nitrogens with one attached hydrogen (secondary N) is 3. The number of halogens is 4. The molecule has 67 heavy (non-hydrogen) atoms. The van der Waals surface area contributed by atoms with E-state index in [9.17, 15) is 27.6 Å². The molecular formula is C46H63F3IN6O10S-. The van der Waals surface area contributed by atoms with Gasteiger partial charge >= 0.3 is 322 Å². The van der Waals surface area contributed by atoms with E-state index in [2.05, 4.69) is 25.2 Å². The number of fused-ring (bicyclic) bond motifs is 5. The zero-order valence-corrected chi connectivity index (χ0v) is 41.6. The van der Waals surface area contributed by atoms with Crippen molar-refractivity contribution in [3.63, 3.8) is 0 Å². The van der Waals surface area contributed by atoms with Crippen molar-refractivity contribution in [1.29, 1.82) is 0 Å². The molecule has 0 radical (unpaired) electrons. The molecule has 3 saturated heterocycles. The van der Waals surface area contributed by atoms with Crippen LogP contribution >= 0.6 is 0 Å². The number of carbonyl (C=O) groups is 4. The second-order valence-corrected chi connectivity index (χ2v) is 24.8. The van der Waals surface area contributed by atoms with Gasteiger partial charge in [0, 0.05) is 19.6 Å². The van der Waals surface area contributed by atoms with Gasteiger partial charge in [-0.3, -0.25) is 4.90 Å². The van der Waals surface area contributed by atoms with E-state index >= 15 is 13.2 Å². The van der Waals surface area contributed by atoms with E-state index in [1.165, 1.54) is 11.0 Å². The molecule has 5 aliphatic rings. The van der Waals surface area contributed by atoms with Gasteiger partial charge in [0.25, 0.3) is 0 Å². The van der Waals surface area contributed by atoms with Crippen molar-refractivity contribution < 1.29 is 80.9 Å². The van der Waals surface area contributed by atoms with Gasteiger partial charge in [-0.05, 0) is 6.07 Å². The van der Waals surface area contributed by atoms with Gasteiger partial charge < -0.3 is 9.47 Å². The number of morpholine rings is 1. The molecule has 7 rings (SSSR count). The summed E-state index contributed by atoms with van der Waals surface area (Å²) in [5.74, 6) is -2.66. The molecule has 1 aromatic heterocycles. The normalized spacial score (nSPS) is 26.9. The Labute approximate surface area is 400 Å². The molecule has 0 bridgehead atoms. The second kappa shape index (κ2) is 21.0.